The van der Waals surface area contributed by atoms with E-state index in [-0.39, 0.29) is 113 Å². The number of halogens is 4. The zero-order valence-electron chi connectivity index (χ0n) is 99.3. The highest BCUT2D eigenvalue weighted by atomic mass is 31.2. The second-order valence-corrected chi connectivity index (χ2v) is 58.6. The number of rotatable bonds is 8. The van der Waals surface area contributed by atoms with Gasteiger partial charge in [0.15, 0.2) is 11.6 Å². The van der Waals surface area contributed by atoms with Gasteiger partial charge in [-0.05, 0) is 229 Å². The van der Waals surface area contributed by atoms with Gasteiger partial charge < -0.3 is 47.4 Å². The first-order chi connectivity index (χ1) is 66.0. The molecule has 2 aliphatic carbocycles. The molecule has 16 rings (SSSR count). The van der Waals surface area contributed by atoms with Crippen molar-refractivity contribution in [3.63, 3.8) is 0 Å². The van der Waals surface area contributed by atoms with Gasteiger partial charge in [0.25, 0.3) is 5.92 Å². The van der Waals surface area contributed by atoms with Crippen LogP contribution in [0.25, 0.3) is 71.5 Å². The van der Waals surface area contributed by atoms with Crippen LogP contribution in [0.1, 0.15) is 412 Å². The largest absolute Gasteiger partial charge is 0.471 e. The Hall–Kier alpha value is -8.73. The lowest BCUT2D eigenvalue weighted by molar-refractivity contribution is -0.104. The van der Waals surface area contributed by atoms with E-state index in [9.17, 15) is 22.1 Å². The molecule has 3 aliphatic rings. The number of nitrogens with zero attached hydrogens (tertiary/aromatic N) is 7. The summed E-state index contributed by atoms with van der Waals surface area (Å²) in [5, 5.41) is 6.87. The number of benzene rings is 7. The third kappa shape index (κ3) is 28.5. The summed E-state index contributed by atoms with van der Waals surface area (Å²) >= 11 is 0. The van der Waals surface area contributed by atoms with Gasteiger partial charge in [-0.3, -0.25) is 4.52 Å². The van der Waals surface area contributed by atoms with E-state index in [1.165, 1.54) is 85.1 Å². The molecular weight excluding hydrogens is 1830 g/mol. The Kier molecular flexibility index (Phi) is 34.4. The fourth-order valence-corrected chi connectivity index (χ4v) is 20.7. The molecule has 802 valence electrons. The first-order valence-corrected chi connectivity index (χ1v) is 55.0. The van der Waals surface area contributed by atoms with Crippen molar-refractivity contribution in [2.24, 2.45) is 12.5 Å². The fraction of sp³-hybridized carbons (Fsp3) is 0.566. The van der Waals surface area contributed by atoms with E-state index >= 15 is 0 Å². The Bertz CT molecular complexity index is 6870. The number of phosphoric ester groups is 1. The van der Waals surface area contributed by atoms with Gasteiger partial charge >= 0.3 is 7.82 Å². The van der Waals surface area contributed by atoms with E-state index in [4.69, 9.17) is 14.3 Å². The maximum atomic E-state index is 14.8. The van der Waals surface area contributed by atoms with Crippen LogP contribution in [0.4, 0.5) is 17.6 Å². The van der Waals surface area contributed by atoms with Crippen molar-refractivity contribution in [1.29, 1.82) is 0 Å². The summed E-state index contributed by atoms with van der Waals surface area (Å²) < 4.78 is 83.3. The van der Waals surface area contributed by atoms with Crippen molar-refractivity contribution >= 4 is 79.3 Å². The van der Waals surface area contributed by atoms with E-state index in [0.29, 0.717) is 11.6 Å². The Balaban J connectivity index is 0.000000175. The Labute approximate surface area is 878 Å². The molecule has 1 unspecified atom stereocenters. The SMILES string of the molecule is CC(C)(C)c1cc2ccc(C(C)(C)C)c(F)c2[nH]1.CC(C)(C)c1ccc2cc(C(C)(C)C)n(C3CC(F)(F)C3)c2c1.CC(C)(C)c1ccc2cc(C(C)(C)C)n(COP(=O)(O)O)c2c1.CN(C)CCn1c(C(C)(C)C)cc2ccc(C(C)(C)C)cc21.CN1CCC(n2c(C(C)(C)C)cc3ccc(C(C)(C)C)cc32)C1.Cc1c(C(C)(C)C)ccc2c1CC(C(C)(C)C)=C2.Cn1c(C(C)(C)C)cc2ccc(C(C)(C)C)c(F)c21. The van der Waals surface area contributed by atoms with Crippen LogP contribution in [0.3, 0.4) is 0 Å². The number of aromatic nitrogens is 6. The van der Waals surface area contributed by atoms with Gasteiger partial charge in [0.05, 0.1) is 16.6 Å². The molecule has 1 saturated heterocycles. The Morgan fingerprint density at radius 2 is 0.767 bits per heavy atom. The van der Waals surface area contributed by atoms with Gasteiger partial charge in [0, 0.05) is 146 Å². The number of H-pyrrole nitrogens is 1. The normalized spacial score (nSPS) is 15.7. The third-order valence-electron chi connectivity index (χ3n) is 29.5. The van der Waals surface area contributed by atoms with Crippen LogP contribution in [-0.2, 0) is 106 Å². The van der Waals surface area contributed by atoms with Crippen LogP contribution in [0, 0.1) is 24.0 Å². The maximum absolute atomic E-state index is 14.8. The highest BCUT2D eigenvalue weighted by molar-refractivity contribution is 7.46. The molecule has 12 nitrogen and oxygen atoms in total. The van der Waals surface area contributed by atoms with Crippen molar-refractivity contribution < 1.29 is 36.4 Å². The first-order valence-electron chi connectivity index (χ1n) is 53.5. The molecule has 1 saturated carbocycles. The van der Waals surface area contributed by atoms with E-state index < -0.39 is 13.7 Å². The number of allylic oxidation sites excluding steroid dienone is 1. The molecule has 0 amide bonds. The topological polar surface area (TPSA) is 114 Å². The van der Waals surface area contributed by atoms with Gasteiger partial charge in [-0.25, -0.2) is 22.1 Å². The number of hydrogen-bond donors (Lipinski definition) is 3. The van der Waals surface area contributed by atoms with Crippen LogP contribution in [0.2, 0.25) is 0 Å². The van der Waals surface area contributed by atoms with Crippen molar-refractivity contribution in [2.45, 2.75) is 425 Å². The number of likely N-dealkylation sites (tertiary alicyclic amines) is 1. The molecule has 6 aromatic heterocycles. The average molecular weight is 2020 g/mol. The summed E-state index contributed by atoms with van der Waals surface area (Å²) in [6, 6.07) is 52.9. The van der Waals surface area contributed by atoms with Crippen LogP contribution in [-0.4, -0.2) is 94.1 Å². The molecule has 3 N–H and O–H groups in total. The third-order valence-corrected chi connectivity index (χ3v) is 29.9. The van der Waals surface area contributed by atoms with Crippen molar-refractivity contribution in [1.82, 2.24) is 37.6 Å². The number of likely N-dealkylation sites (N-methyl/N-ethyl adjacent to an activating group) is 2. The number of alkyl halides is 2. The number of hydrogen-bond acceptors (Lipinski definition) is 4. The smallest absolute Gasteiger partial charge is 0.356 e. The van der Waals surface area contributed by atoms with E-state index in [1.54, 1.807) is 11.1 Å². The zero-order chi connectivity index (χ0) is 111. The molecule has 1 aliphatic heterocycles. The van der Waals surface area contributed by atoms with Crippen molar-refractivity contribution in [2.75, 3.05) is 40.8 Å². The predicted molar refractivity (Wildman–Crippen MR) is 620 cm³/mol. The second-order valence-electron chi connectivity index (χ2n) is 57.4. The Morgan fingerprint density at radius 3 is 1.14 bits per heavy atom. The summed E-state index contributed by atoms with van der Waals surface area (Å²) in [6.07, 6.45) is 4.70. The molecule has 7 heterocycles. The highest BCUT2D eigenvalue weighted by Gasteiger charge is 2.48. The second kappa shape index (κ2) is 42.1. The molecule has 0 radical (unpaired) electrons. The lowest BCUT2D eigenvalue weighted by Crippen LogP contribution is -2.38. The van der Waals surface area contributed by atoms with E-state index in [0.717, 1.165) is 98.1 Å². The summed E-state index contributed by atoms with van der Waals surface area (Å²) in [5.74, 6) is -2.70. The summed E-state index contributed by atoms with van der Waals surface area (Å²) in [6.45, 7) is 98.8. The van der Waals surface area contributed by atoms with E-state index in [2.05, 4.69) is 427 Å². The van der Waals surface area contributed by atoms with Gasteiger partial charge in [-0.1, -0.05) is 387 Å². The number of aromatic amines is 1. The lowest BCUT2D eigenvalue weighted by Gasteiger charge is -2.39. The first kappa shape index (κ1) is 119. The zero-order valence-corrected chi connectivity index (χ0v) is 100. The highest BCUT2D eigenvalue weighted by Crippen LogP contribution is 2.51. The van der Waals surface area contributed by atoms with Gasteiger partial charge in [-0.2, -0.15) is 0 Å². The molecular formula is C129H189F4N8O4P. The van der Waals surface area contributed by atoms with Gasteiger partial charge in [0.2, 0.25) is 0 Å². The predicted octanol–water partition coefficient (Wildman–Crippen LogP) is 35.5. The van der Waals surface area contributed by atoms with Crippen LogP contribution in [0.15, 0.2) is 151 Å². The van der Waals surface area contributed by atoms with Gasteiger partial charge in [-0.15, -0.1) is 0 Å². The van der Waals surface area contributed by atoms with Crippen molar-refractivity contribution in [3.8, 4) is 0 Å². The quantitative estimate of drug-likeness (QED) is 0.103. The number of fused-ring (bicyclic) bond motifs is 7. The van der Waals surface area contributed by atoms with E-state index in [1.807, 2.05) is 88.1 Å². The number of aryl methyl sites for hydroxylation is 1. The summed E-state index contributed by atoms with van der Waals surface area (Å²) in [7, 11) is 3.96. The van der Waals surface area contributed by atoms with Crippen LogP contribution in [0.5, 0.6) is 0 Å². The monoisotopic (exact) mass is 2020 g/mol. The van der Waals surface area contributed by atoms with Crippen molar-refractivity contribution in [3.05, 3.63) is 253 Å². The van der Waals surface area contributed by atoms with Gasteiger partial charge in [0.1, 0.15) is 6.73 Å². The minimum Gasteiger partial charge on any atom is -0.356 e. The molecule has 2 fully saturated rings. The molecule has 0 spiro atoms. The molecule has 17 heteroatoms. The molecule has 13 aromatic rings. The molecule has 0 bridgehead atoms. The minimum atomic E-state index is -4.52. The summed E-state index contributed by atoms with van der Waals surface area (Å²) in [5.41, 5.74) is 28.5. The average Bonchev–Trinajstić information content (AvgIpc) is 1.43. The molecule has 146 heavy (non-hydrogen) atoms. The number of nitrogens with one attached hydrogen (secondary N) is 1. The van der Waals surface area contributed by atoms with Crippen LogP contribution < -0.4 is 0 Å². The maximum Gasteiger partial charge on any atom is 0.471 e. The standard InChI is InChI=1S/C21H32N2.C20H27F2N.C20H32N2.C18H26.C17H24FN.C17H26NO4P.C16H22FN/c1-20(2,3)16-9-8-15-12-19(21(4,5)6)23(18(15)13-16)17-10-11-22(7)14-17;1-18(2,3)14-8-7-13-9-17(19(4,5)6)23(16(13)10-14)15-11-20(21,22)12-15;1-19(2,3)16-10-9-15-13-18(20(4,5)6)22(17(15)14-16)12-11-21(7)8;1-12-15-11-14(17(2,3)4)10-13(15)8-9-16(12)18(5,6)7;1-16(2,3)12-9-8-11-10-13(17(4,5)6)19(7)15(11)14(12)18;1-16(2,3)13-8-7-12-9-15(17(4,5)6)18(14(12)10-13)11-22-23(19,20)21;1-15(2,3)11-8-7-10-9-12(16(4,5)6)18-14(10)13(11)17/h8-9,12-13,17H,10-11,14H2,1-7H3;7-10,15H,11-12H2,1-6H3;9-10,13-14H,11-12H2,1-8H3;8-10H,11H2,1-7H3;8-10H,1-7H3;7-10H,11H2,1-6H3,(H2,19,20,21);7-9,18H,1-6H3. The fourth-order valence-electron chi connectivity index (χ4n) is 20.5. The Morgan fingerprint density at radius 1 is 0.404 bits per heavy atom. The summed E-state index contributed by atoms with van der Waals surface area (Å²) in [4.78, 5) is 26.0. The lowest BCUT2D eigenvalue weighted by atomic mass is 9.81. The molecule has 1 atom stereocenters. The molecule has 7 aromatic carbocycles. The number of phosphoric acid groups is 1. The van der Waals surface area contributed by atoms with Crippen LogP contribution >= 0.6 is 7.82 Å². The minimum absolute atomic E-state index is 0.00467.